The van der Waals surface area contributed by atoms with Crippen molar-refractivity contribution in [2.45, 2.75) is 0 Å². The van der Waals surface area contributed by atoms with E-state index in [0.717, 1.165) is 10.0 Å². The molecule has 7 heteroatoms. The molecule has 0 unspecified atom stereocenters. The second kappa shape index (κ2) is 8.89. The zero-order valence-electron chi connectivity index (χ0n) is 13.7. The SMILES string of the molecule is COc1ccc(/C=C/C(=O)O/N=C(/N)c2cccc(Br)c2)cc1OC. The number of hydrogen-bond donors (Lipinski definition) is 1. The van der Waals surface area contributed by atoms with E-state index in [1.807, 2.05) is 6.07 Å². The molecule has 0 fully saturated rings. The highest BCUT2D eigenvalue weighted by molar-refractivity contribution is 9.10. The van der Waals surface area contributed by atoms with Gasteiger partial charge in [0, 0.05) is 16.1 Å². The predicted octanol–water partition coefficient (Wildman–Crippen LogP) is 3.34. The number of halogens is 1. The van der Waals surface area contributed by atoms with E-state index in [-0.39, 0.29) is 5.84 Å². The molecule has 0 aromatic heterocycles. The minimum absolute atomic E-state index is 0.106. The molecule has 2 N–H and O–H groups in total. The summed E-state index contributed by atoms with van der Waals surface area (Å²) in [5.74, 6) is 0.630. The molecular formula is C18H17BrN2O4. The quantitative estimate of drug-likeness (QED) is 0.262. The van der Waals surface area contributed by atoms with E-state index in [4.69, 9.17) is 20.0 Å². The van der Waals surface area contributed by atoms with E-state index in [1.165, 1.54) is 6.08 Å². The lowest BCUT2D eigenvalue weighted by Crippen LogP contribution is -2.14. The van der Waals surface area contributed by atoms with Crippen molar-refractivity contribution >= 4 is 33.8 Å². The number of hydrogen-bond acceptors (Lipinski definition) is 5. The van der Waals surface area contributed by atoms with Gasteiger partial charge >= 0.3 is 5.97 Å². The minimum atomic E-state index is -0.646. The largest absolute Gasteiger partial charge is 0.493 e. The Morgan fingerprint density at radius 2 is 1.88 bits per heavy atom. The van der Waals surface area contributed by atoms with Crippen LogP contribution in [0.15, 0.2) is 58.2 Å². The smallest absolute Gasteiger partial charge is 0.358 e. The molecule has 0 aliphatic heterocycles. The summed E-state index contributed by atoms with van der Waals surface area (Å²) in [6.07, 6.45) is 2.83. The van der Waals surface area contributed by atoms with Gasteiger partial charge in [0.2, 0.25) is 0 Å². The lowest BCUT2D eigenvalue weighted by Gasteiger charge is -2.07. The van der Waals surface area contributed by atoms with Gasteiger partial charge in [0.05, 0.1) is 14.2 Å². The molecule has 130 valence electrons. The third-order valence-corrected chi connectivity index (χ3v) is 3.67. The molecule has 0 spiro atoms. The normalized spacial score (nSPS) is 11.4. The number of oxime groups is 1. The van der Waals surface area contributed by atoms with Crippen molar-refractivity contribution in [3.05, 3.63) is 64.1 Å². The summed E-state index contributed by atoms with van der Waals surface area (Å²) >= 11 is 3.33. The van der Waals surface area contributed by atoms with Crippen LogP contribution in [0.25, 0.3) is 6.08 Å². The summed E-state index contributed by atoms with van der Waals surface area (Å²) in [5.41, 5.74) is 7.18. The lowest BCUT2D eigenvalue weighted by atomic mass is 10.2. The first-order valence-corrected chi connectivity index (χ1v) is 8.03. The summed E-state index contributed by atoms with van der Waals surface area (Å²) in [7, 11) is 3.09. The first kappa shape index (κ1) is 18.5. The first-order valence-electron chi connectivity index (χ1n) is 7.24. The summed E-state index contributed by atoms with van der Waals surface area (Å²) in [4.78, 5) is 16.5. The van der Waals surface area contributed by atoms with E-state index in [9.17, 15) is 4.79 Å². The van der Waals surface area contributed by atoms with Gasteiger partial charge in [-0.3, -0.25) is 0 Å². The molecule has 2 aromatic carbocycles. The number of carbonyl (C=O) groups is 1. The van der Waals surface area contributed by atoms with Crippen LogP contribution in [0.5, 0.6) is 11.5 Å². The molecule has 0 aliphatic carbocycles. The molecule has 25 heavy (non-hydrogen) atoms. The number of carbonyl (C=O) groups excluding carboxylic acids is 1. The van der Waals surface area contributed by atoms with Gasteiger partial charge in [-0.15, -0.1) is 0 Å². The summed E-state index contributed by atoms with van der Waals surface area (Å²) in [6, 6.07) is 12.5. The van der Waals surface area contributed by atoms with Crippen LogP contribution in [0.3, 0.4) is 0 Å². The fourth-order valence-corrected chi connectivity index (χ4v) is 2.35. The second-order valence-corrected chi connectivity index (χ2v) is 5.76. The van der Waals surface area contributed by atoms with Crippen molar-refractivity contribution in [3.63, 3.8) is 0 Å². The molecule has 0 amide bonds. The summed E-state index contributed by atoms with van der Waals surface area (Å²) in [5, 5.41) is 3.64. The van der Waals surface area contributed by atoms with Gasteiger partial charge in [-0.1, -0.05) is 39.3 Å². The highest BCUT2D eigenvalue weighted by Gasteiger charge is 2.04. The van der Waals surface area contributed by atoms with Crippen molar-refractivity contribution in [2.75, 3.05) is 14.2 Å². The van der Waals surface area contributed by atoms with Crippen LogP contribution < -0.4 is 15.2 Å². The Balaban J connectivity index is 2.02. The van der Waals surface area contributed by atoms with Gasteiger partial charge in [0.25, 0.3) is 0 Å². The van der Waals surface area contributed by atoms with E-state index in [2.05, 4.69) is 21.1 Å². The van der Waals surface area contributed by atoms with Gasteiger partial charge < -0.3 is 20.0 Å². The van der Waals surface area contributed by atoms with Gasteiger partial charge in [-0.25, -0.2) is 4.79 Å². The van der Waals surface area contributed by atoms with Crippen LogP contribution in [-0.4, -0.2) is 26.0 Å². The zero-order valence-corrected chi connectivity index (χ0v) is 15.3. The van der Waals surface area contributed by atoms with Crippen LogP contribution in [0, 0.1) is 0 Å². The fraction of sp³-hybridized carbons (Fsp3) is 0.111. The molecule has 2 aromatic rings. The standard InChI is InChI=1S/C18H17BrN2O4/c1-23-15-8-6-12(10-16(15)24-2)7-9-17(22)25-21-18(20)13-4-3-5-14(19)11-13/h3-11H,1-2H3,(H2,20,21)/b9-7+. The monoisotopic (exact) mass is 404 g/mol. The van der Waals surface area contributed by atoms with Crippen LogP contribution in [-0.2, 0) is 9.63 Å². The van der Waals surface area contributed by atoms with Crippen LogP contribution in [0.4, 0.5) is 0 Å². The van der Waals surface area contributed by atoms with E-state index < -0.39 is 5.97 Å². The zero-order chi connectivity index (χ0) is 18.2. The molecular weight excluding hydrogens is 388 g/mol. The maximum atomic E-state index is 11.8. The first-order chi connectivity index (χ1) is 12.0. The van der Waals surface area contributed by atoms with Crippen molar-refractivity contribution in [1.29, 1.82) is 0 Å². The maximum absolute atomic E-state index is 11.8. The van der Waals surface area contributed by atoms with E-state index >= 15 is 0 Å². The summed E-state index contributed by atoms with van der Waals surface area (Å²) in [6.45, 7) is 0. The topological polar surface area (TPSA) is 83.1 Å². The molecule has 0 saturated carbocycles. The Labute approximate surface area is 154 Å². The highest BCUT2D eigenvalue weighted by atomic mass is 79.9. The minimum Gasteiger partial charge on any atom is -0.493 e. The Morgan fingerprint density at radius 1 is 1.12 bits per heavy atom. The average Bonchev–Trinajstić information content (AvgIpc) is 2.64. The van der Waals surface area contributed by atoms with Crippen LogP contribution in [0.1, 0.15) is 11.1 Å². The molecule has 6 nitrogen and oxygen atoms in total. The second-order valence-electron chi connectivity index (χ2n) is 4.84. The Hall–Kier alpha value is -2.80. The van der Waals surface area contributed by atoms with Crippen molar-refractivity contribution in [3.8, 4) is 11.5 Å². The van der Waals surface area contributed by atoms with Crippen LogP contribution >= 0.6 is 15.9 Å². The number of benzene rings is 2. The molecule has 0 atom stereocenters. The summed E-state index contributed by atoms with van der Waals surface area (Å²) < 4.78 is 11.2. The Morgan fingerprint density at radius 3 is 2.56 bits per heavy atom. The van der Waals surface area contributed by atoms with E-state index in [1.54, 1.807) is 56.7 Å². The molecule has 0 heterocycles. The third kappa shape index (κ3) is 5.36. The third-order valence-electron chi connectivity index (χ3n) is 3.17. The van der Waals surface area contributed by atoms with Crippen LogP contribution in [0.2, 0.25) is 0 Å². The fourth-order valence-electron chi connectivity index (χ4n) is 1.95. The number of amidine groups is 1. The Bertz CT molecular complexity index is 818. The van der Waals surface area contributed by atoms with Crippen molar-refractivity contribution in [1.82, 2.24) is 0 Å². The molecule has 0 saturated heterocycles. The number of rotatable bonds is 6. The van der Waals surface area contributed by atoms with Gasteiger partial charge in [0.1, 0.15) is 0 Å². The molecule has 0 aliphatic rings. The number of methoxy groups -OCH3 is 2. The van der Waals surface area contributed by atoms with Crippen molar-refractivity contribution in [2.24, 2.45) is 10.9 Å². The lowest BCUT2D eigenvalue weighted by molar-refractivity contribution is -0.137. The average molecular weight is 405 g/mol. The Kier molecular flexibility index (Phi) is 6.59. The molecule has 0 bridgehead atoms. The number of nitrogens with two attached hydrogens (primary N) is 1. The van der Waals surface area contributed by atoms with Gasteiger partial charge in [-0.2, -0.15) is 0 Å². The molecule has 0 radical (unpaired) electrons. The molecule has 2 rings (SSSR count). The van der Waals surface area contributed by atoms with E-state index in [0.29, 0.717) is 17.1 Å². The number of nitrogens with zero attached hydrogens (tertiary/aromatic N) is 1. The number of ether oxygens (including phenoxy) is 2. The maximum Gasteiger partial charge on any atom is 0.358 e. The van der Waals surface area contributed by atoms with Gasteiger partial charge in [-0.05, 0) is 35.9 Å². The predicted molar refractivity (Wildman–Crippen MR) is 99.5 cm³/mol. The van der Waals surface area contributed by atoms with Crippen molar-refractivity contribution < 1.29 is 19.1 Å². The highest BCUT2D eigenvalue weighted by Crippen LogP contribution is 2.27. The van der Waals surface area contributed by atoms with Gasteiger partial charge in [0.15, 0.2) is 17.3 Å².